The molecular formula is C25H32O12. The average molecular weight is 525 g/mol. The highest BCUT2D eigenvalue weighted by Gasteiger charge is 2.41. The molecule has 0 aromatic rings. The molecule has 1 N–H and O–H groups in total. The molecule has 0 aromatic heterocycles. The number of aliphatic hydroxyl groups is 1. The van der Waals surface area contributed by atoms with Gasteiger partial charge in [0, 0.05) is 37.5 Å². The van der Waals surface area contributed by atoms with E-state index in [1.165, 1.54) is 20.8 Å². The Morgan fingerprint density at radius 3 is 2.16 bits per heavy atom. The van der Waals surface area contributed by atoms with Crippen molar-refractivity contribution in [3.8, 4) is 0 Å². The maximum Gasteiger partial charge on any atom is 0.343 e. The number of cyclic esters (lactones) is 1. The number of hydrogen-bond acceptors (Lipinski definition) is 12. The third-order valence-corrected chi connectivity index (χ3v) is 5.18. The molecule has 1 heterocycles. The molecule has 0 spiro atoms. The van der Waals surface area contributed by atoms with Crippen molar-refractivity contribution < 1.29 is 57.6 Å². The minimum atomic E-state index is -2.26. The van der Waals surface area contributed by atoms with Gasteiger partial charge in [0.1, 0.15) is 30.9 Å². The van der Waals surface area contributed by atoms with Gasteiger partial charge in [-0.15, -0.1) is 0 Å². The van der Waals surface area contributed by atoms with E-state index >= 15 is 0 Å². The maximum atomic E-state index is 12.7. The van der Waals surface area contributed by atoms with Crippen LogP contribution in [-0.2, 0) is 52.5 Å². The lowest BCUT2D eigenvalue weighted by Crippen LogP contribution is -2.35. The summed E-state index contributed by atoms with van der Waals surface area (Å²) in [5, 5.41) is 10.5. The first-order chi connectivity index (χ1) is 17.1. The van der Waals surface area contributed by atoms with Gasteiger partial charge in [0.25, 0.3) is 0 Å². The number of carbonyl (C=O) groups is 6. The molecule has 1 rings (SSSR count). The van der Waals surface area contributed by atoms with Crippen molar-refractivity contribution in [2.24, 2.45) is 5.92 Å². The van der Waals surface area contributed by atoms with Crippen molar-refractivity contribution in [3.63, 3.8) is 0 Å². The van der Waals surface area contributed by atoms with Crippen LogP contribution in [-0.4, -0.2) is 72.8 Å². The third kappa shape index (κ3) is 9.64. The highest BCUT2D eigenvalue weighted by molar-refractivity contribution is 5.96. The van der Waals surface area contributed by atoms with Gasteiger partial charge < -0.3 is 28.8 Å². The summed E-state index contributed by atoms with van der Waals surface area (Å²) in [6, 6.07) is 0. The lowest BCUT2D eigenvalue weighted by molar-refractivity contribution is -0.156. The number of hydrogen-bond donors (Lipinski definition) is 1. The SMILES string of the molecule is COC(=O)[C@@](C)(O)C=C1OC(=O)C(COC(C)=O)=C1[C@H](C[C@H](C)C(C)=O)OC(=O)/C=C(/C)COC(C)=O. The van der Waals surface area contributed by atoms with Crippen molar-refractivity contribution in [2.75, 3.05) is 20.3 Å². The van der Waals surface area contributed by atoms with E-state index in [0.29, 0.717) is 5.57 Å². The molecule has 0 aromatic carbocycles. The summed E-state index contributed by atoms with van der Waals surface area (Å²) in [4.78, 5) is 71.9. The number of ketones is 1. The zero-order valence-electron chi connectivity index (χ0n) is 21.9. The predicted molar refractivity (Wildman–Crippen MR) is 125 cm³/mol. The number of carbonyl (C=O) groups excluding carboxylic acids is 6. The van der Waals surface area contributed by atoms with Gasteiger partial charge in [-0.1, -0.05) is 6.92 Å². The molecule has 12 heteroatoms. The van der Waals surface area contributed by atoms with Gasteiger partial charge in [-0.25, -0.2) is 14.4 Å². The zero-order valence-corrected chi connectivity index (χ0v) is 21.9. The Morgan fingerprint density at radius 2 is 1.65 bits per heavy atom. The van der Waals surface area contributed by atoms with E-state index < -0.39 is 54.1 Å². The van der Waals surface area contributed by atoms with Crippen LogP contribution in [0, 0.1) is 5.92 Å². The quantitative estimate of drug-likeness (QED) is 0.221. The Bertz CT molecular complexity index is 1040. The summed E-state index contributed by atoms with van der Waals surface area (Å²) in [6.45, 7) is 7.09. The highest BCUT2D eigenvalue weighted by atomic mass is 16.6. The molecule has 0 unspecified atom stereocenters. The van der Waals surface area contributed by atoms with E-state index in [1.54, 1.807) is 6.92 Å². The van der Waals surface area contributed by atoms with Crippen LogP contribution in [0.25, 0.3) is 0 Å². The van der Waals surface area contributed by atoms with Crippen LogP contribution in [0.15, 0.2) is 34.6 Å². The Balaban J connectivity index is 3.62. The predicted octanol–water partition coefficient (Wildman–Crippen LogP) is 1.25. The first-order valence-corrected chi connectivity index (χ1v) is 11.2. The lowest BCUT2D eigenvalue weighted by atomic mass is 9.91. The average Bonchev–Trinajstić information content (AvgIpc) is 3.08. The molecule has 0 fully saturated rings. The summed E-state index contributed by atoms with van der Waals surface area (Å²) in [5.74, 6) is -5.46. The molecule has 12 nitrogen and oxygen atoms in total. The second-order valence-electron chi connectivity index (χ2n) is 8.65. The summed E-state index contributed by atoms with van der Waals surface area (Å²) < 4.78 is 25.2. The fraction of sp³-hybridized carbons (Fsp3) is 0.520. The Labute approximate surface area is 214 Å². The zero-order chi connectivity index (χ0) is 28.5. The fourth-order valence-electron chi connectivity index (χ4n) is 3.11. The molecule has 3 atom stereocenters. The lowest BCUT2D eigenvalue weighted by Gasteiger charge is -2.23. The third-order valence-electron chi connectivity index (χ3n) is 5.18. The van der Waals surface area contributed by atoms with Crippen LogP contribution in [0.2, 0.25) is 0 Å². The number of Topliss-reactive ketones (excluding diaryl/α,β-unsaturated/α-hetero) is 1. The maximum absolute atomic E-state index is 12.7. The molecule has 1 aliphatic rings. The van der Waals surface area contributed by atoms with Crippen molar-refractivity contribution in [3.05, 3.63) is 34.6 Å². The topological polar surface area (TPSA) is 169 Å². The van der Waals surface area contributed by atoms with E-state index in [0.717, 1.165) is 33.1 Å². The molecular weight excluding hydrogens is 492 g/mol. The molecule has 0 saturated heterocycles. The van der Waals surface area contributed by atoms with Crippen LogP contribution >= 0.6 is 0 Å². The first-order valence-electron chi connectivity index (χ1n) is 11.2. The summed E-state index contributed by atoms with van der Waals surface area (Å²) in [7, 11) is 1.04. The van der Waals surface area contributed by atoms with Gasteiger partial charge in [-0.2, -0.15) is 0 Å². The van der Waals surface area contributed by atoms with E-state index in [2.05, 4.69) is 4.74 Å². The van der Waals surface area contributed by atoms with Crippen LogP contribution < -0.4 is 0 Å². The summed E-state index contributed by atoms with van der Waals surface area (Å²) >= 11 is 0. The molecule has 204 valence electrons. The first kappa shape index (κ1) is 31.2. The number of methoxy groups -OCH3 is 1. The molecule has 0 amide bonds. The van der Waals surface area contributed by atoms with Gasteiger partial charge in [0.2, 0.25) is 0 Å². The highest BCUT2D eigenvalue weighted by Crippen LogP contribution is 2.35. The molecule has 1 aliphatic heterocycles. The van der Waals surface area contributed by atoms with Gasteiger partial charge in [0.05, 0.1) is 12.7 Å². The fourth-order valence-corrected chi connectivity index (χ4v) is 3.11. The molecule has 0 saturated carbocycles. The minimum absolute atomic E-state index is 0.0945. The van der Waals surface area contributed by atoms with Gasteiger partial charge in [-0.05, 0) is 32.8 Å². The van der Waals surface area contributed by atoms with Crippen LogP contribution in [0.4, 0.5) is 0 Å². The second-order valence-corrected chi connectivity index (χ2v) is 8.65. The van der Waals surface area contributed by atoms with E-state index in [4.69, 9.17) is 18.9 Å². The van der Waals surface area contributed by atoms with Crippen LogP contribution in [0.3, 0.4) is 0 Å². The summed E-state index contributed by atoms with van der Waals surface area (Å²) in [6.07, 6.45) is 0.534. The van der Waals surface area contributed by atoms with Crippen molar-refractivity contribution in [1.82, 2.24) is 0 Å². The summed E-state index contributed by atoms with van der Waals surface area (Å²) in [5.41, 5.74) is -2.22. The van der Waals surface area contributed by atoms with E-state index in [-0.39, 0.29) is 35.7 Å². The van der Waals surface area contributed by atoms with Crippen molar-refractivity contribution in [2.45, 2.75) is 59.7 Å². The molecule has 0 bridgehead atoms. The van der Waals surface area contributed by atoms with E-state index in [1.807, 2.05) is 0 Å². The van der Waals surface area contributed by atoms with Gasteiger partial charge in [-0.3, -0.25) is 14.4 Å². The van der Waals surface area contributed by atoms with Crippen LogP contribution in [0.5, 0.6) is 0 Å². The van der Waals surface area contributed by atoms with Crippen molar-refractivity contribution in [1.29, 1.82) is 0 Å². The largest absolute Gasteiger partial charge is 0.467 e. The van der Waals surface area contributed by atoms with Crippen LogP contribution in [0.1, 0.15) is 48.0 Å². The van der Waals surface area contributed by atoms with Gasteiger partial charge in [0.15, 0.2) is 5.60 Å². The molecule has 0 radical (unpaired) electrons. The second kappa shape index (κ2) is 13.5. The Kier molecular flexibility index (Phi) is 11.4. The molecule has 0 aliphatic carbocycles. The Hall–Kier alpha value is -3.80. The number of ether oxygens (including phenoxy) is 5. The minimum Gasteiger partial charge on any atom is -0.467 e. The smallest absolute Gasteiger partial charge is 0.343 e. The van der Waals surface area contributed by atoms with Gasteiger partial charge >= 0.3 is 29.8 Å². The normalized spacial score (nSPS) is 17.9. The monoisotopic (exact) mass is 524 g/mol. The van der Waals surface area contributed by atoms with Crippen molar-refractivity contribution >= 4 is 35.6 Å². The standard InChI is InChI=1S/C25H32O12/c1-13(11-34-16(4)27)8-21(29)36-19(9-14(2)15(3)26)22-18(12-35-17(5)28)23(30)37-20(22)10-25(6,32)24(31)33-7/h8,10,14,19,32H,9,11-12H2,1-7H3/b13-8-,20-10?/t14-,19-,25-/m0/s1. The Morgan fingerprint density at radius 1 is 1.05 bits per heavy atom. The molecule has 37 heavy (non-hydrogen) atoms. The number of rotatable bonds is 12. The number of esters is 5. The van der Waals surface area contributed by atoms with E-state index in [9.17, 15) is 33.9 Å².